The van der Waals surface area contributed by atoms with E-state index in [4.69, 9.17) is 0 Å². The van der Waals surface area contributed by atoms with E-state index in [1.165, 1.54) is 17.2 Å². The summed E-state index contributed by atoms with van der Waals surface area (Å²) >= 11 is 0. The Morgan fingerprint density at radius 2 is 1.61 bits per heavy atom. The lowest BCUT2D eigenvalue weighted by molar-refractivity contribution is -0.121. The predicted octanol–water partition coefficient (Wildman–Crippen LogP) is 6.37. The van der Waals surface area contributed by atoms with Crippen LogP contribution in [0.4, 0.5) is 4.39 Å². The number of carbonyl (C=O) groups excluding carboxylic acids is 1. The van der Waals surface area contributed by atoms with Gasteiger partial charge in [0.25, 0.3) is 0 Å². The number of aromatic nitrogens is 2. The van der Waals surface area contributed by atoms with E-state index >= 15 is 4.39 Å². The molecule has 36 heavy (non-hydrogen) atoms. The highest BCUT2D eigenvalue weighted by Gasteiger charge is 2.25. The molecule has 0 radical (unpaired) electrons. The average Bonchev–Trinajstić information content (AvgIpc) is 3.26. The quantitative estimate of drug-likeness (QED) is 0.282. The predicted molar refractivity (Wildman–Crippen MR) is 141 cm³/mol. The molecule has 5 heteroatoms. The van der Waals surface area contributed by atoms with Crippen molar-refractivity contribution in [3.05, 3.63) is 137 Å². The number of aryl methyl sites for hydroxylation is 1. The second kappa shape index (κ2) is 10.6. The Kier molecular flexibility index (Phi) is 6.89. The third-order valence-corrected chi connectivity index (χ3v) is 6.58. The van der Waals surface area contributed by atoms with Gasteiger partial charge in [-0.1, -0.05) is 66.2 Å². The zero-order valence-corrected chi connectivity index (χ0v) is 20.2. The van der Waals surface area contributed by atoms with Crippen LogP contribution in [0.15, 0.2) is 104 Å². The Hall–Kier alpha value is -4.25. The molecule has 0 aliphatic rings. The third kappa shape index (κ3) is 5.20. The summed E-state index contributed by atoms with van der Waals surface area (Å²) in [6, 6.07) is 27.1. The molecule has 2 heterocycles. The summed E-state index contributed by atoms with van der Waals surface area (Å²) in [5, 5.41) is 4.02. The van der Waals surface area contributed by atoms with Crippen LogP contribution < -0.4 is 5.32 Å². The summed E-state index contributed by atoms with van der Waals surface area (Å²) in [7, 11) is 0. The van der Waals surface area contributed by atoms with Gasteiger partial charge in [-0.25, -0.2) is 4.39 Å². The Morgan fingerprint density at radius 1 is 0.889 bits per heavy atom. The fraction of sp³-hybridized carbons (Fsp3) is 0.161. The number of hydrogen-bond donors (Lipinski definition) is 1. The van der Waals surface area contributed by atoms with Gasteiger partial charge in [0.1, 0.15) is 5.82 Å². The van der Waals surface area contributed by atoms with Crippen molar-refractivity contribution in [1.82, 2.24) is 14.9 Å². The Labute approximate surface area is 210 Å². The van der Waals surface area contributed by atoms with E-state index in [2.05, 4.69) is 64.4 Å². The summed E-state index contributed by atoms with van der Waals surface area (Å²) in [5.74, 6) is -0.858. The molecule has 0 saturated heterocycles. The van der Waals surface area contributed by atoms with Crippen LogP contribution in [0.3, 0.4) is 0 Å². The number of carbonyl (C=O) groups is 1. The van der Waals surface area contributed by atoms with Gasteiger partial charge in [-0.3, -0.25) is 9.78 Å². The molecule has 1 N–H and O–H groups in total. The molecule has 0 bridgehead atoms. The molecular formula is C31H28FN3O. The number of rotatable bonds is 8. The van der Waals surface area contributed by atoms with Gasteiger partial charge in [0.2, 0.25) is 5.91 Å². The van der Waals surface area contributed by atoms with Gasteiger partial charge in [-0.05, 0) is 53.4 Å². The number of para-hydroxylation sites is 1. The molecule has 2 aromatic heterocycles. The number of amides is 1. The van der Waals surface area contributed by atoms with E-state index in [0.717, 1.165) is 22.0 Å². The van der Waals surface area contributed by atoms with Crippen molar-refractivity contribution in [2.24, 2.45) is 0 Å². The van der Waals surface area contributed by atoms with Gasteiger partial charge >= 0.3 is 0 Å². The maximum Gasteiger partial charge on any atom is 0.221 e. The molecule has 0 spiro atoms. The molecule has 1 amide bonds. The highest BCUT2D eigenvalue weighted by Crippen LogP contribution is 2.36. The lowest BCUT2D eigenvalue weighted by Crippen LogP contribution is -2.25. The number of nitrogens with one attached hydrogen (secondary N) is 1. The molecule has 0 fully saturated rings. The summed E-state index contributed by atoms with van der Waals surface area (Å²) in [4.78, 5) is 17.1. The standard InChI is InChI=1S/C31H28FN3O/c1-22-10-12-24(13-11-22)20-35-21-28(26-7-3-5-9-30(26)35)27(25-6-2-4-8-29(25)32)18-31(36)34-19-23-14-16-33-17-15-23/h2-17,21,27H,18-20H2,1H3,(H,34,36). The van der Waals surface area contributed by atoms with Crippen LogP contribution >= 0.6 is 0 Å². The maximum absolute atomic E-state index is 15.1. The summed E-state index contributed by atoms with van der Waals surface area (Å²) in [5.41, 5.74) is 5.90. The number of nitrogens with zero attached hydrogens (tertiary/aromatic N) is 2. The molecule has 3 aromatic carbocycles. The summed E-state index contributed by atoms with van der Waals surface area (Å²) in [6.07, 6.45) is 5.63. The topological polar surface area (TPSA) is 46.9 Å². The maximum atomic E-state index is 15.1. The minimum Gasteiger partial charge on any atom is -0.352 e. The van der Waals surface area contributed by atoms with Gasteiger partial charge in [-0.15, -0.1) is 0 Å². The molecule has 0 saturated carbocycles. The number of halogens is 1. The minimum absolute atomic E-state index is 0.129. The van der Waals surface area contributed by atoms with Crippen LogP contribution in [-0.2, 0) is 17.9 Å². The van der Waals surface area contributed by atoms with Gasteiger partial charge in [0, 0.05) is 54.9 Å². The SMILES string of the molecule is Cc1ccc(Cn2cc(C(CC(=O)NCc3ccncc3)c3ccccc3F)c3ccccc32)cc1. The first-order valence-corrected chi connectivity index (χ1v) is 12.1. The second-order valence-corrected chi connectivity index (χ2v) is 9.13. The van der Waals surface area contributed by atoms with Crippen LogP contribution in [0.5, 0.6) is 0 Å². The molecule has 0 aliphatic carbocycles. The number of fused-ring (bicyclic) bond motifs is 1. The van der Waals surface area contributed by atoms with Crippen LogP contribution in [0.1, 0.15) is 40.2 Å². The lowest BCUT2D eigenvalue weighted by atomic mass is 9.87. The molecule has 180 valence electrons. The molecule has 5 aromatic rings. The largest absolute Gasteiger partial charge is 0.352 e. The van der Waals surface area contributed by atoms with Crippen LogP contribution in [0, 0.1) is 12.7 Å². The van der Waals surface area contributed by atoms with E-state index in [1.807, 2.05) is 30.3 Å². The highest BCUT2D eigenvalue weighted by atomic mass is 19.1. The van der Waals surface area contributed by atoms with Crippen LogP contribution in [0.2, 0.25) is 0 Å². The van der Waals surface area contributed by atoms with Crippen molar-refractivity contribution in [1.29, 1.82) is 0 Å². The molecule has 5 rings (SSSR count). The average molecular weight is 478 g/mol. The fourth-order valence-electron chi connectivity index (χ4n) is 4.68. The highest BCUT2D eigenvalue weighted by molar-refractivity contribution is 5.86. The first-order chi connectivity index (χ1) is 17.6. The van der Waals surface area contributed by atoms with E-state index in [-0.39, 0.29) is 18.1 Å². The number of pyridine rings is 1. The second-order valence-electron chi connectivity index (χ2n) is 9.13. The van der Waals surface area contributed by atoms with Crippen molar-refractivity contribution in [2.45, 2.75) is 32.4 Å². The van der Waals surface area contributed by atoms with Gasteiger partial charge < -0.3 is 9.88 Å². The van der Waals surface area contributed by atoms with Gasteiger partial charge in [0.15, 0.2) is 0 Å². The van der Waals surface area contributed by atoms with E-state index in [1.54, 1.807) is 24.5 Å². The molecule has 4 nitrogen and oxygen atoms in total. The number of benzene rings is 3. The van der Waals surface area contributed by atoms with E-state index in [9.17, 15) is 4.79 Å². The van der Waals surface area contributed by atoms with E-state index < -0.39 is 5.92 Å². The molecule has 1 unspecified atom stereocenters. The van der Waals surface area contributed by atoms with Crippen molar-refractivity contribution in [3.63, 3.8) is 0 Å². The minimum atomic E-state index is -0.423. The van der Waals surface area contributed by atoms with Gasteiger partial charge in [0.05, 0.1) is 0 Å². The third-order valence-electron chi connectivity index (χ3n) is 6.58. The smallest absolute Gasteiger partial charge is 0.221 e. The first kappa shape index (κ1) is 23.5. The number of hydrogen-bond acceptors (Lipinski definition) is 2. The fourth-order valence-corrected chi connectivity index (χ4v) is 4.68. The van der Waals surface area contributed by atoms with Crippen LogP contribution in [0.25, 0.3) is 10.9 Å². The lowest BCUT2D eigenvalue weighted by Gasteiger charge is -2.18. The van der Waals surface area contributed by atoms with Crippen molar-refractivity contribution in [3.8, 4) is 0 Å². The molecule has 0 aliphatic heterocycles. The van der Waals surface area contributed by atoms with Gasteiger partial charge in [-0.2, -0.15) is 0 Å². The van der Waals surface area contributed by atoms with E-state index in [0.29, 0.717) is 18.7 Å². The Morgan fingerprint density at radius 3 is 2.39 bits per heavy atom. The Bertz CT molecular complexity index is 1480. The van der Waals surface area contributed by atoms with Crippen molar-refractivity contribution < 1.29 is 9.18 Å². The summed E-state index contributed by atoms with van der Waals surface area (Å²) < 4.78 is 17.3. The van der Waals surface area contributed by atoms with Crippen LogP contribution in [-0.4, -0.2) is 15.5 Å². The first-order valence-electron chi connectivity index (χ1n) is 12.1. The zero-order chi connectivity index (χ0) is 24.9. The monoisotopic (exact) mass is 477 g/mol. The van der Waals surface area contributed by atoms with Crippen molar-refractivity contribution in [2.75, 3.05) is 0 Å². The van der Waals surface area contributed by atoms with Crippen molar-refractivity contribution >= 4 is 16.8 Å². The Balaban J connectivity index is 1.50. The zero-order valence-electron chi connectivity index (χ0n) is 20.2. The normalized spacial score (nSPS) is 11.9. The molecule has 1 atom stereocenters. The summed E-state index contributed by atoms with van der Waals surface area (Å²) in [6.45, 7) is 3.17. The molecular weight excluding hydrogens is 449 g/mol.